The molecule has 0 spiro atoms. The third-order valence-electron chi connectivity index (χ3n) is 3.91. The van der Waals surface area contributed by atoms with Crippen LogP contribution in [0.2, 0.25) is 0 Å². The number of nitrogens with zero attached hydrogens (tertiary/aromatic N) is 4. The number of hydrogen-bond acceptors (Lipinski definition) is 3. The number of imidazole rings is 2. The molecule has 0 aliphatic heterocycles. The molecule has 0 aromatic carbocycles. The summed E-state index contributed by atoms with van der Waals surface area (Å²) in [5.74, 6) is 0.674. The van der Waals surface area contributed by atoms with Crippen molar-refractivity contribution in [2.45, 2.75) is 52.0 Å². The normalized spacial score (nSPS) is 11.7. The first-order valence-electron chi connectivity index (χ1n) is 7.72. The molecule has 0 saturated carbocycles. The van der Waals surface area contributed by atoms with Crippen molar-refractivity contribution in [2.75, 3.05) is 0 Å². The summed E-state index contributed by atoms with van der Waals surface area (Å²) in [7, 11) is 0. The molecule has 0 saturated heterocycles. The van der Waals surface area contributed by atoms with Crippen LogP contribution < -0.4 is 5.56 Å². The van der Waals surface area contributed by atoms with Gasteiger partial charge in [0.05, 0.1) is 6.33 Å². The lowest BCUT2D eigenvalue weighted by atomic mass is 10.1. The van der Waals surface area contributed by atoms with E-state index in [0.717, 1.165) is 13.0 Å². The van der Waals surface area contributed by atoms with Crippen LogP contribution in [0.3, 0.4) is 0 Å². The minimum absolute atomic E-state index is 0.0887. The molecule has 3 rings (SSSR count). The van der Waals surface area contributed by atoms with Crippen LogP contribution in [-0.2, 0) is 6.54 Å². The van der Waals surface area contributed by atoms with Crippen molar-refractivity contribution in [2.24, 2.45) is 0 Å². The number of fused-ring (bicyclic) bond motifs is 2. The number of aromatic amines is 1. The third-order valence-corrected chi connectivity index (χ3v) is 3.91. The molecule has 21 heavy (non-hydrogen) atoms. The summed E-state index contributed by atoms with van der Waals surface area (Å²) < 4.78 is 3.62. The SMILES string of the molecule is CCCCCCCCn1c2nc[nH]c2c(=O)n2ccnc12. The maximum Gasteiger partial charge on any atom is 0.285 e. The quantitative estimate of drug-likeness (QED) is 0.679. The topological polar surface area (TPSA) is 68.0 Å². The molecule has 0 aliphatic rings. The molecule has 0 unspecified atom stereocenters. The Labute approximate surface area is 122 Å². The minimum atomic E-state index is -0.0887. The zero-order valence-corrected chi connectivity index (χ0v) is 12.4. The van der Waals surface area contributed by atoms with E-state index in [-0.39, 0.29) is 5.56 Å². The van der Waals surface area contributed by atoms with Crippen molar-refractivity contribution < 1.29 is 0 Å². The summed E-state index contributed by atoms with van der Waals surface area (Å²) in [6, 6.07) is 0. The number of hydrogen-bond donors (Lipinski definition) is 1. The van der Waals surface area contributed by atoms with E-state index in [1.54, 1.807) is 23.1 Å². The van der Waals surface area contributed by atoms with E-state index in [4.69, 9.17) is 0 Å². The second kappa shape index (κ2) is 6.11. The second-order valence-corrected chi connectivity index (χ2v) is 5.42. The van der Waals surface area contributed by atoms with Crippen LogP contribution in [0.15, 0.2) is 23.5 Å². The van der Waals surface area contributed by atoms with E-state index in [2.05, 4.69) is 21.9 Å². The van der Waals surface area contributed by atoms with Gasteiger partial charge in [0.25, 0.3) is 5.56 Å². The van der Waals surface area contributed by atoms with E-state index < -0.39 is 0 Å². The molecule has 3 heterocycles. The van der Waals surface area contributed by atoms with Gasteiger partial charge in [-0.1, -0.05) is 39.0 Å². The van der Waals surface area contributed by atoms with E-state index in [9.17, 15) is 4.79 Å². The van der Waals surface area contributed by atoms with Crippen molar-refractivity contribution in [3.63, 3.8) is 0 Å². The van der Waals surface area contributed by atoms with Gasteiger partial charge in [0, 0.05) is 18.9 Å². The monoisotopic (exact) mass is 287 g/mol. The standard InChI is InChI=1S/C15H21N5O/c1-2-3-4-5-6-7-9-19-13-12(17-11-18-13)14(21)20-10-8-16-15(19)20/h8,10-11H,2-7,9H2,1H3,(H,17,18). The average molecular weight is 287 g/mol. The summed E-state index contributed by atoms with van der Waals surface area (Å²) in [4.78, 5) is 23.8. The zero-order valence-electron chi connectivity index (χ0n) is 12.4. The number of H-pyrrole nitrogens is 1. The van der Waals surface area contributed by atoms with Crippen molar-refractivity contribution in [1.29, 1.82) is 0 Å². The van der Waals surface area contributed by atoms with Gasteiger partial charge in [0.2, 0.25) is 5.78 Å². The van der Waals surface area contributed by atoms with E-state index in [1.807, 2.05) is 4.57 Å². The fourth-order valence-electron chi connectivity index (χ4n) is 2.77. The Bertz CT molecular complexity index is 727. The van der Waals surface area contributed by atoms with Gasteiger partial charge in [0.1, 0.15) is 5.52 Å². The molecule has 0 bridgehead atoms. The highest BCUT2D eigenvalue weighted by Gasteiger charge is 2.12. The lowest BCUT2D eigenvalue weighted by Crippen LogP contribution is -2.18. The number of rotatable bonds is 7. The van der Waals surface area contributed by atoms with Crippen LogP contribution in [0, 0.1) is 0 Å². The average Bonchev–Trinajstić information content (AvgIpc) is 3.15. The van der Waals surface area contributed by atoms with Crippen LogP contribution >= 0.6 is 0 Å². The molecule has 0 radical (unpaired) electrons. The van der Waals surface area contributed by atoms with Gasteiger partial charge in [-0.05, 0) is 6.42 Å². The molecular formula is C15H21N5O. The van der Waals surface area contributed by atoms with Gasteiger partial charge in [-0.2, -0.15) is 0 Å². The first-order valence-corrected chi connectivity index (χ1v) is 7.72. The Kier molecular flexibility index (Phi) is 4.03. The van der Waals surface area contributed by atoms with Gasteiger partial charge < -0.3 is 4.98 Å². The number of aryl methyl sites for hydroxylation is 1. The highest BCUT2D eigenvalue weighted by Crippen LogP contribution is 2.12. The van der Waals surface area contributed by atoms with Crippen LogP contribution in [0.1, 0.15) is 45.4 Å². The molecule has 6 heteroatoms. The molecule has 1 N–H and O–H groups in total. The molecule has 112 valence electrons. The summed E-state index contributed by atoms with van der Waals surface area (Å²) >= 11 is 0. The van der Waals surface area contributed by atoms with Gasteiger partial charge in [-0.25, -0.2) is 14.4 Å². The molecule has 0 aliphatic carbocycles. The van der Waals surface area contributed by atoms with Gasteiger partial charge in [0.15, 0.2) is 5.65 Å². The van der Waals surface area contributed by atoms with Crippen LogP contribution in [0.25, 0.3) is 16.9 Å². The van der Waals surface area contributed by atoms with Crippen LogP contribution in [0.4, 0.5) is 0 Å². The van der Waals surface area contributed by atoms with Crippen molar-refractivity contribution in [1.82, 2.24) is 23.9 Å². The van der Waals surface area contributed by atoms with Crippen LogP contribution in [0.5, 0.6) is 0 Å². The summed E-state index contributed by atoms with van der Waals surface area (Å²) in [5, 5.41) is 0. The maximum absolute atomic E-state index is 12.2. The third kappa shape index (κ3) is 2.57. The highest BCUT2D eigenvalue weighted by atomic mass is 16.1. The van der Waals surface area contributed by atoms with Crippen molar-refractivity contribution in [3.8, 4) is 0 Å². The fraction of sp³-hybridized carbons (Fsp3) is 0.533. The van der Waals surface area contributed by atoms with E-state index in [1.165, 1.54) is 32.1 Å². The summed E-state index contributed by atoms with van der Waals surface area (Å²) in [5.41, 5.74) is 1.16. The Morgan fingerprint density at radius 1 is 1.14 bits per heavy atom. The van der Waals surface area contributed by atoms with Gasteiger partial charge in [-0.15, -0.1) is 0 Å². The first kappa shape index (κ1) is 13.9. The predicted octanol–water partition coefficient (Wildman–Crippen LogP) is 2.73. The van der Waals surface area contributed by atoms with Crippen molar-refractivity contribution >= 4 is 16.9 Å². The summed E-state index contributed by atoms with van der Waals surface area (Å²) in [6.07, 6.45) is 12.4. The first-order chi connectivity index (χ1) is 10.3. The number of unbranched alkanes of at least 4 members (excludes halogenated alkanes) is 5. The Hall–Kier alpha value is -2.11. The molecule has 3 aromatic rings. The largest absolute Gasteiger partial charge is 0.339 e. The molecule has 0 amide bonds. The van der Waals surface area contributed by atoms with E-state index in [0.29, 0.717) is 16.9 Å². The molecule has 0 atom stereocenters. The minimum Gasteiger partial charge on any atom is -0.339 e. The zero-order chi connectivity index (χ0) is 14.7. The lowest BCUT2D eigenvalue weighted by molar-refractivity contribution is 0.564. The molecule has 3 aromatic heterocycles. The van der Waals surface area contributed by atoms with Gasteiger partial charge >= 0.3 is 0 Å². The van der Waals surface area contributed by atoms with Crippen LogP contribution in [-0.4, -0.2) is 23.9 Å². The summed E-state index contributed by atoms with van der Waals surface area (Å²) in [6.45, 7) is 3.07. The molecule has 6 nitrogen and oxygen atoms in total. The second-order valence-electron chi connectivity index (χ2n) is 5.42. The number of aromatic nitrogens is 5. The maximum atomic E-state index is 12.2. The highest BCUT2D eigenvalue weighted by molar-refractivity contribution is 5.71. The Morgan fingerprint density at radius 3 is 2.81 bits per heavy atom. The molecular weight excluding hydrogens is 266 g/mol. The lowest BCUT2D eigenvalue weighted by Gasteiger charge is -2.09. The smallest absolute Gasteiger partial charge is 0.285 e. The number of nitrogens with one attached hydrogen (secondary N) is 1. The van der Waals surface area contributed by atoms with Gasteiger partial charge in [-0.3, -0.25) is 9.36 Å². The predicted molar refractivity (Wildman–Crippen MR) is 82.5 cm³/mol. The Balaban J connectivity index is 1.83. The Morgan fingerprint density at radius 2 is 1.95 bits per heavy atom. The fourth-order valence-corrected chi connectivity index (χ4v) is 2.77. The van der Waals surface area contributed by atoms with Crippen molar-refractivity contribution in [3.05, 3.63) is 29.1 Å². The van der Waals surface area contributed by atoms with E-state index >= 15 is 0 Å². The molecule has 0 fully saturated rings.